The van der Waals surface area contributed by atoms with Gasteiger partial charge in [-0.05, 0) is 19.4 Å². The largest absolute Gasteiger partial charge is 0.308 e. The Labute approximate surface area is 124 Å². The van der Waals surface area contributed by atoms with Crippen LogP contribution in [-0.4, -0.2) is 29.5 Å². The minimum absolute atomic E-state index is 0.405. The number of thiazole rings is 1. The Balaban J connectivity index is 1.72. The number of aromatic nitrogens is 1. The van der Waals surface area contributed by atoms with Crippen LogP contribution in [0.4, 0.5) is 0 Å². The fourth-order valence-electron chi connectivity index (χ4n) is 2.75. The van der Waals surface area contributed by atoms with Gasteiger partial charge in [0.2, 0.25) is 0 Å². The molecule has 0 bridgehead atoms. The van der Waals surface area contributed by atoms with E-state index >= 15 is 0 Å². The van der Waals surface area contributed by atoms with Crippen LogP contribution in [0.15, 0.2) is 36.5 Å². The second-order valence-corrected chi connectivity index (χ2v) is 6.66. The smallest absolute Gasteiger partial charge is 0.110 e. The highest BCUT2D eigenvalue weighted by molar-refractivity contribution is 7.11. The van der Waals surface area contributed by atoms with Gasteiger partial charge in [-0.25, -0.2) is 4.98 Å². The van der Waals surface area contributed by atoms with Crippen molar-refractivity contribution in [3.8, 4) is 0 Å². The molecule has 20 heavy (non-hydrogen) atoms. The molecular formula is C16H21N3S. The number of nitrogens with one attached hydrogen (secondary N) is 1. The van der Waals surface area contributed by atoms with E-state index in [0.29, 0.717) is 12.1 Å². The van der Waals surface area contributed by atoms with Gasteiger partial charge < -0.3 is 5.32 Å². The zero-order valence-electron chi connectivity index (χ0n) is 12.0. The van der Waals surface area contributed by atoms with Crippen molar-refractivity contribution < 1.29 is 0 Å². The monoisotopic (exact) mass is 287 g/mol. The van der Waals surface area contributed by atoms with Crippen molar-refractivity contribution in [2.24, 2.45) is 0 Å². The van der Waals surface area contributed by atoms with Crippen molar-refractivity contribution in [3.63, 3.8) is 0 Å². The Morgan fingerprint density at radius 3 is 2.85 bits per heavy atom. The van der Waals surface area contributed by atoms with Crippen molar-refractivity contribution in [2.45, 2.75) is 25.9 Å². The molecule has 3 nitrogen and oxygen atoms in total. The zero-order chi connectivity index (χ0) is 13.9. The van der Waals surface area contributed by atoms with E-state index in [0.717, 1.165) is 19.6 Å². The van der Waals surface area contributed by atoms with Gasteiger partial charge in [0.05, 0.1) is 6.04 Å². The molecular weight excluding hydrogens is 266 g/mol. The molecule has 1 aromatic heterocycles. The average Bonchev–Trinajstić information content (AvgIpc) is 2.94. The second-order valence-electron chi connectivity index (χ2n) is 5.40. The molecule has 1 fully saturated rings. The normalized spacial score (nSPS) is 21.8. The van der Waals surface area contributed by atoms with Crippen LogP contribution in [0.5, 0.6) is 0 Å². The third kappa shape index (κ3) is 2.92. The Hall–Kier alpha value is -1.23. The minimum atomic E-state index is 0.405. The van der Waals surface area contributed by atoms with Gasteiger partial charge in [-0.1, -0.05) is 30.3 Å². The van der Waals surface area contributed by atoms with Gasteiger partial charge >= 0.3 is 0 Å². The molecule has 2 aromatic rings. The third-order valence-electron chi connectivity index (χ3n) is 3.95. The van der Waals surface area contributed by atoms with E-state index in [2.05, 4.69) is 59.4 Å². The molecule has 0 amide bonds. The average molecular weight is 287 g/mol. The number of benzene rings is 1. The molecule has 0 aliphatic carbocycles. The fraction of sp³-hybridized carbons (Fsp3) is 0.438. The molecule has 1 aromatic carbocycles. The number of hydrogen-bond donors (Lipinski definition) is 1. The highest BCUT2D eigenvalue weighted by Gasteiger charge is 2.26. The molecule has 2 heterocycles. The van der Waals surface area contributed by atoms with E-state index in [4.69, 9.17) is 0 Å². The summed E-state index contributed by atoms with van der Waals surface area (Å²) in [5.74, 6) is 0. The van der Waals surface area contributed by atoms with Crippen LogP contribution in [0.25, 0.3) is 0 Å². The summed E-state index contributed by atoms with van der Waals surface area (Å²) in [7, 11) is 0. The van der Waals surface area contributed by atoms with E-state index in [1.807, 2.05) is 17.5 Å². The summed E-state index contributed by atoms with van der Waals surface area (Å²) in [6.07, 6.45) is 1.98. The van der Waals surface area contributed by atoms with E-state index in [1.165, 1.54) is 15.4 Å². The first-order valence-corrected chi connectivity index (χ1v) is 8.00. The lowest BCUT2D eigenvalue weighted by molar-refractivity contribution is 0.153. The first kappa shape index (κ1) is 13.7. The minimum Gasteiger partial charge on any atom is -0.308 e. The van der Waals surface area contributed by atoms with Crippen LogP contribution >= 0.6 is 11.3 Å². The molecule has 2 unspecified atom stereocenters. The van der Waals surface area contributed by atoms with Crippen LogP contribution < -0.4 is 5.32 Å². The van der Waals surface area contributed by atoms with Gasteiger partial charge in [0, 0.05) is 36.8 Å². The summed E-state index contributed by atoms with van der Waals surface area (Å²) in [6.45, 7) is 7.56. The summed E-state index contributed by atoms with van der Waals surface area (Å²) in [5, 5.41) is 4.85. The van der Waals surface area contributed by atoms with Crippen LogP contribution in [0.2, 0.25) is 0 Å². The van der Waals surface area contributed by atoms with Crippen LogP contribution in [0, 0.1) is 6.92 Å². The Morgan fingerprint density at radius 2 is 2.15 bits per heavy atom. The van der Waals surface area contributed by atoms with Gasteiger partial charge in [-0.2, -0.15) is 0 Å². The number of aryl methyl sites for hydroxylation is 1. The molecule has 3 rings (SSSR count). The summed E-state index contributed by atoms with van der Waals surface area (Å²) in [4.78, 5) is 8.37. The lowest BCUT2D eigenvalue weighted by atomic mass is 10.0. The van der Waals surface area contributed by atoms with Crippen molar-refractivity contribution >= 4 is 11.3 Å². The first-order chi connectivity index (χ1) is 9.74. The summed E-state index contributed by atoms with van der Waals surface area (Å²) in [5.41, 5.74) is 1.37. The van der Waals surface area contributed by atoms with E-state index in [-0.39, 0.29) is 0 Å². The molecule has 0 radical (unpaired) electrons. The molecule has 0 spiro atoms. The molecule has 106 valence electrons. The zero-order valence-corrected chi connectivity index (χ0v) is 12.9. The molecule has 1 aliphatic heterocycles. The second kappa shape index (κ2) is 6.04. The maximum absolute atomic E-state index is 4.55. The quantitative estimate of drug-likeness (QED) is 0.940. The van der Waals surface area contributed by atoms with Crippen LogP contribution in [0.1, 0.15) is 34.5 Å². The molecule has 2 atom stereocenters. The summed E-state index contributed by atoms with van der Waals surface area (Å²) >= 11 is 1.81. The molecule has 4 heteroatoms. The number of piperazine rings is 1. The molecule has 1 aliphatic rings. The maximum Gasteiger partial charge on any atom is 0.110 e. The first-order valence-electron chi connectivity index (χ1n) is 7.19. The van der Waals surface area contributed by atoms with Crippen molar-refractivity contribution in [1.29, 1.82) is 0 Å². The molecule has 1 saturated heterocycles. The Kier molecular flexibility index (Phi) is 4.15. The van der Waals surface area contributed by atoms with Crippen molar-refractivity contribution in [3.05, 3.63) is 52.0 Å². The molecule has 0 saturated carbocycles. The van der Waals surface area contributed by atoms with Gasteiger partial charge in [0.1, 0.15) is 5.01 Å². The van der Waals surface area contributed by atoms with Crippen LogP contribution in [0.3, 0.4) is 0 Å². The Morgan fingerprint density at radius 1 is 1.35 bits per heavy atom. The topological polar surface area (TPSA) is 28.2 Å². The SMILES string of the molecule is Cc1cnc(C(C)N2CCNC(c3ccccc3)C2)s1. The van der Waals surface area contributed by atoms with Crippen molar-refractivity contribution in [1.82, 2.24) is 15.2 Å². The summed E-state index contributed by atoms with van der Waals surface area (Å²) < 4.78 is 0. The van der Waals surface area contributed by atoms with Gasteiger partial charge in [0.25, 0.3) is 0 Å². The lowest BCUT2D eigenvalue weighted by Gasteiger charge is -2.37. The summed E-state index contributed by atoms with van der Waals surface area (Å²) in [6, 6.07) is 11.5. The number of rotatable bonds is 3. The third-order valence-corrected chi connectivity index (χ3v) is 5.04. The molecule has 1 N–H and O–H groups in total. The van der Waals surface area contributed by atoms with E-state index in [1.54, 1.807) is 0 Å². The van der Waals surface area contributed by atoms with Gasteiger partial charge in [0.15, 0.2) is 0 Å². The predicted octanol–water partition coefficient (Wildman–Crippen LogP) is 3.16. The Bertz CT molecular complexity index is 552. The highest BCUT2D eigenvalue weighted by Crippen LogP contribution is 2.28. The highest BCUT2D eigenvalue weighted by atomic mass is 32.1. The van der Waals surface area contributed by atoms with E-state index in [9.17, 15) is 0 Å². The van der Waals surface area contributed by atoms with Crippen molar-refractivity contribution in [2.75, 3.05) is 19.6 Å². The predicted molar refractivity (Wildman–Crippen MR) is 84.0 cm³/mol. The van der Waals surface area contributed by atoms with Crippen LogP contribution in [-0.2, 0) is 0 Å². The fourth-order valence-corrected chi connectivity index (χ4v) is 3.61. The maximum atomic E-state index is 4.55. The lowest BCUT2D eigenvalue weighted by Crippen LogP contribution is -2.46. The standard InChI is InChI=1S/C16H21N3S/c1-12-10-18-16(20-12)13(2)19-9-8-17-15(11-19)14-6-4-3-5-7-14/h3-7,10,13,15,17H,8-9,11H2,1-2H3. The van der Waals surface area contributed by atoms with Gasteiger partial charge in [-0.15, -0.1) is 11.3 Å². The number of hydrogen-bond acceptors (Lipinski definition) is 4. The number of nitrogens with zero attached hydrogens (tertiary/aromatic N) is 2. The van der Waals surface area contributed by atoms with Gasteiger partial charge in [-0.3, -0.25) is 4.90 Å². The van der Waals surface area contributed by atoms with E-state index < -0.39 is 0 Å².